The van der Waals surface area contributed by atoms with Gasteiger partial charge in [-0.05, 0) is 30.9 Å². The maximum Gasteiger partial charge on any atom is 0.103 e. The summed E-state index contributed by atoms with van der Waals surface area (Å²) in [5.74, 6) is 1.79. The Bertz CT molecular complexity index is 237. The third kappa shape index (κ3) is 2.88. The Kier molecular flexibility index (Phi) is 2.69. The van der Waals surface area contributed by atoms with E-state index in [0.29, 0.717) is 0 Å². The van der Waals surface area contributed by atoms with Gasteiger partial charge in [0.15, 0.2) is 0 Å². The smallest absolute Gasteiger partial charge is 0.103 e. The van der Waals surface area contributed by atoms with Crippen molar-refractivity contribution >= 4 is 0 Å². The van der Waals surface area contributed by atoms with Crippen LogP contribution in [0.2, 0.25) is 0 Å². The molecule has 1 unspecified atom stereocenters. The largest absolute Gasteiger partial charge is 0.469 e. The highest BCUT2D eigenvalue weighted by molar-refractivity contribution is 4.98. The predicted molar refractivity (Wildman–Crippen MR) is 50.4 cm³/mol. The molecule has 0 amide bonds. The Morgan fingerprint density at radius 3 is 3.00 bits per heavy atom. The van der Waals surface area contributed by atoms with Crippen molar-refractivity contribution in [2.45, 2.75) is 38.2 Å². The minimum atomic E-state index is -0.127. The first-order valence-corrected chi connectivity index (χ1v) is 5.05. The van der Waals surface area contributed by atoms with Crippen LogP contribution in [0.5, 0.6) is 0 Å². The zero-order valence-corrected chi connectivity index (χ0v) is 7.78. The quantitative estimate of drug-likeness (QED) is 0.754. The van der Waals surface area contributed by atoms with E-state index in [1.54, 1.807) is 6.26 Å². The minimum Gasteiger partial charge on any atom is -0.469 e. The molecule has 0 radical (unpaired) electrons. The molecule has 1 aromatic rings. The lowest BCUT2D eigenvalue weighted by Crippen LogP contribution is -2.08. The van der Waals surface area contributed by atoms with Crippen molar-refractivity contribution in [3.8, 4) is 0 Å². The Hall–Kier alpha value is -0.760. The molecule has 0 saturated heterocycles. The fourth-order valence-corrected chi connectivity index (χ4v) is 1.62. The number of aliphatic hydroxyl groups excluding tert-OH is 1. The first kappa shape index (κ1) is 8.82. The van der Waals surface area contributed by atoms with Crippen molar-refractivity contribution in [1.82, 2.24) is 0 Å². The van der Waals surface area contributed by atoms with E-state index in [0.717, 1.165) is 30.9 Å². The molecular formula is C11H16O2. The van der Waals surface area contributed by atoms with E-state index in [2.05, 4.69) is 0 Å². The van der Waals surface area contributed by atoms with Gasteiger partial charge >= 0.3 is 0 Å². The second kappa shape index (κ2) is 3.97. The summed E-state index contributed by atoms with van der Waals surface area (Å²) in [6.07, 6.45) is 6.88. The summed E-state index contributed by atoms with van der Waals surface area (Å²) in [6.45, 7) is 0. The van der Waals surface area contributed by atoms with E-state index in [9.17, 15) is 5.11 Å². The fourth-order valence-electron chi connectivity index (χ4n) is 1.62. The lowest BCUT2D eigenvalue weighted by molar-refractivity contribution is 0.146. The number of furan rings is 1. The van der Waals surface area contributed by atoms with E-state index in [1.807, 2.05) is 12.1 Å². The van der Waals surface area contributed by atoms with Crippen LogP contribution in [0.4, 0.5) is 0 Å². The van der Waals surface area contributed by atoms with Crippen LogP contribution in [0.25, 0.3) is 0 Å². The van der Waals surface area contributed by atoms with Crippen molar-refractivity contribution in [2.24, 2.45) is 5.92 Å². The molecule has 0 aromatic carbocycles. The van der Waals surface area contributed by atoms with Crippen LogP contribution in [0.1, 0.15) is 31.4 Å². The standard InChI is InChI=1S/C11H16O2/c12-10(8-9-3-4-9)5-6-11-2-1-7-13-11/h1-2,7,9-10,12H,3-6,8H2. The molecule has 1 heterocycles. The van der Waals surface area contributed by atoms with Gasteiger partial charge in [-0.15, -0.1) is 0 Å². The first-order chi connectivity index (χ1) is 6.34. The van der Waals surface area contributed by atoms with Gasteiger partial charge in [0.1, 0.15) is 5.76 Å². The Balaban J connectivity index is 1.66. The lowest BCUT2D eigenvalue weighted by Gasteiger charge is -2.07. The molecule has 0 bridgehead atoms. The second-order valence-corrected chi connectivity index (χ2v) is 3.95. The van der Waals surface area contributed by atoms with Crippen LogP contribution in [0.3, 0.4) is 0 Å². The van der Waals surface area contributed by atoms with Crippen LogP contribution in [0, 0.1) is 5.92 Å². The van der Waals surface area contributed by atoms with Crippen LogP contribution < -0.4 is 0 Å². The number of hydrogen-bond acceptors (Lipinski definition) is 2. The summed E-state index contributed by atoms with van der Waals surface area (Å²) >= 11 is 0. The molecule has 1 fully saturated rings. The molecule has 72 valence electrons. The molecule has 1 aromatic heterocycles. The summed E-state index contributed by atoms with van der Waals surface area (Å²) in [6, 6.07) is 3.85. The number of aryl methyl sites for hydroxylation is 1. The van der Waals surface area contributed by atoms with Crippen molar-refractivity contribution in [1.29, 1.82) is 0 Å². The Morgan fingerprint density at radius 2 is 2.38 bits per heavy atom. The van der Waals surface area contributed by atoms with E-state index < -0.39 is 0 Å². The van der Waals surface area contributed by atoms with Gasteiger partial charge in [0.05, 0.1) is 12.4 Å². The third-order valence-corrected chi connectivity index (χ3v) is 2.61. The fraction of sp³-hybridized carbons (Fsp3) is 0.636. The van der Waals surface area contributed by atoms with E-state index in [4.69, 9.17) is 4.42 Å². The zero-order valence-electron chi connectivity index (χ0n) is 7.78. The summed E-state index contributed by atoms with van der Waals surface area (Å²) in [7, 11) is 0. The third-order valence-electron chi connectivity index (χ3n) is 2.61. The average Bonchev–Trinajstić information content (AvgIpc) is 2.78. The minimum absolute atomic E-state index is 0.127. The van der Waals surface area contributed by atoms with Gasteiger partial charge in [-0.2, -0.15) is 0 Å². The van der Waals surface area contributed by atoms with E-state index >= 15 is 0 Å². The topological polar surface area (TPSA) is 33.4 Å². The van der Waals surface area contributed by atoms with Crippen LogP contribution in [-0.2, 0) is 6.42 Å². The molecule has 0 spiro atoms. The molecule has 1 aliphatic rings. The van der Waals surface area contributed by atoms with Crippen LogP contribution in [-0.4, -0.2) is 11.2 Å². The van der Waals surface area contributed by atoms with Gasteiger partial charge in [0.2, 0.25) is 0 Å². The molecule has 1 aliphatic carbocycles. The summed E-state index contributed by atoms with van der Waals surface area (Å²) < 4.78 is 5.19. The summed E-state index contributed by atoms with van der Waals surface area (Å²) in [5.41, 5.74) is 0. The number of rotatable bonds is 5. The second-order valence-electron chi connectivity index (χ2n) is 3.95. The SMILES string of the molecule is OC(CCc1ccco1)CC1CC1. The average molecular weight is 180 g/mol. The number of aliphatic hydroxyl groups is 1. The van der Waals surface area contributed by atoms with Crippen molar-refractivity contribution in [3.63, 3.8) is 0 Å². The Morgan fingerprint density at radius 1 is 1.54 bits per heavy atom. The number of hydrogen-bond donors (Lipinski definition) is 1. The maximum atomic E-state index is 9.62. The van der Waals surface area contributed by atoms with Crippen molar-refractivity contribution in [2.75, 3.05) is 0 Å². The van der Waals surface area contributed by atoms with Crippen molar-refractivity contribution in [3.05, 3.63) is 24.2 Å². The van der Waals surface area contributed by atoms with Gasteiger partial charge < -0.3 is 9.52 Å². The van der Waals surface area contributed by atoms with Gasteiger partial charge in [0, 0.05) is 6.42 Å². The van der Waals surface area contributed by atoms with Gasteiger partial charge in [0.25, 0.3) is 0 Å². The summed E-state index contributed by atoms with van der Waals surface area (Å²) in [5, 5.41) is 9.62. The Labute approximate surface area is 78.6 Å². The van der Waals surface area contributed by atoms with E-state index in [1.165, 1.54) is 12.8 Å². The highest BCUT2D eigenvalue weighted by atomic mass is 16.3. The van der Waals surface area contributed by atoms with Crippen LogP contribution in [0.15, 0.2) is 22.8 Å². The summed E-state index contributed by atoms with van der Waals surface area (Å²) in [4.78, 5) is 0. The molecule has 2 heteroatoms. The highest BCUT2D eigenvalue weighted by Crippen LogP contribution is 2.34. The molecule has 1 saturated carbocycles. The predicted octanol–water partition coefficient (Wildman–Crippen LogP) is 2.37. The van der Waals surface area contributed by atoms with Crippen molar-refractivity contribution < 1.29 is 9.52 Å². The van der Waals surface area contributed by atoms with Gasteiger partial charge in [-0.1, -0.05) is 12.8 Å². The molecule has 2 rings (SSSR count). The van der Waals surface area contributed by atoms with Gasteiger partial charge in [-0.3, -0.25) is 0 Å². The molecule has 1 N–H and O–H groups in total. The van der Waals surface area contributed by atoms with Crippen LogP contribution >= 0.6 is 0 Å². The maximum absolute atomic E-state index is 9.62. The molecule has 2 nitrogen and oxygen atoms in total. The highest BCUT2D eigenvalue weighted by Gasteiger charge is 2.24. The monoisotopic (exact) mass is 180 g/mol. The molecule has 13 heavy (non-hydrogen) atoms. The van der Waals surface area contributed by atoms with E-state index in [-0.39, 0.29) is 6.10 Å². The first-order valence-electron chi connectivity index (χ1n) is 5.05. The normalized spacial score (nSPS) is 18.8. The molecule has 1 atom stereocenters. The lowest BCUT2D eigenvalue weighted by atomic mass is 10.1. The zero-order chi connectivity index (χ0) is 9.10. The molecular weight excluding hydrogens is 164 g/mol. The molecule has 0 aliphatic heterocycles. The van der Waals surface area contributed by atoms with Gasteiger partial charge in [-0.25, -0.2) is 0 Å².